The second-order valence-electron chi connectivity index (χ2n) is 5.60. The molecule has 18 heavy (non-hydrogen) atoms. The largest absolute Gasteiger partial charge is 0.330 e. The number of nitrogens with two attached hydrogens (primary N) is 1. The number of rotatable bonds is 2. The molecule has 2 unspecified atom stereocenters. The predicted molar refractivity (Wildman–Crippen MR) is 70.8 cm³/mol. The van der Waals surface area contributed by atoms with Crippen molar-refractivity contribution in [1.82, 2.24) is 4.90 Å². The fourth-order valence-corrected chi connectivity index (χ4v) is 3.54. The van der Waals surface area contributed by atoms with Crippen molar-refractivity contribution in [3.8, 4) is 0 Å². The van der Waals surface area contributed by atoms with Crippen LogP contribution in [0.3, 0.4) is 0 Å². The molecule has 2 atom stereocenters. The van der Waals surface area contributed by atoms with E-state index in [1.165, 1.54) is 18.4 Å². The van der Waals surface area contributed by atoms with Crippen LogP contribution in [0.5, 0.6) is 0 Å². The fourth-order valence-electron chi connectivity index (χ4n) is 3.54. The molecule has 1 aliphatic carbocycles. The van der Waals surface area contributed by atoms with Crippen molar-refractivity contribution in [2.24, 2.45) is 11.7 Å². The molecule has 3 rings (SSSR count). The van der Waals surface area contributed by atoms with Gasteiger partial charge in [-0.25, -0.2) is 4.39 Å². The van der Waals surface area contributed by atoms with Crippen molar-refractivity contribution >= 4 is 0 Å². The Morgan fingerprint density at radius 1 is 1.33 bits per heavy atom. The van der Waals surface area contributed by atoms with Gasteiger partial charge < -0.3 is 5.73 Å². The van der Waals surface area contributed by atoms with E-state index < -0.39 is 0 Å². The van der Waals surface area contributed by atoms with Gasteiger partial charge in [0.25, 0.3) is 0 Å². The average molecular weight is 248 g/mol. The number of likely N-dealkylation sites (tertiary alicyclic amines) is 1. The predicted octanol–water partition coefficient (Wildman–Crippen LogP) is 2.48. The summed E-state index contributed by atoms with van der Waals surface area (Å²) >= 11 is 0. The van der Waals surface area contributed by atoms with Crippen LogP contribution in [0.1, 0.15) is 36.4 Å². The van der Waals surface area contributed by atoms with Gasteiger partial charge in [0.1, 0.15) is 5.82 Å². The Morgan fingerprint density at radius 2 is 2.22 bits per heavy atom. The van der Waals surface area contributed by atoms with Crippen LogP contribution >= 0.6 is 0 Å². The summed E-state index contributed by atoms with van der Waals surface area (Å²) in [6.07, 6.45) is 4.42. The maximum Gasteiger partial charge on any atom is 0.126 e. The summed E-state index contributed by atoms with van der Waals surface area (Å²) in [5.41, 5.74) is 7.95. The molecule has 0 radical (unpaired) electrons. The van der Waals surface area contributed by atoms with Gasteiger partial charge in [0.2, 0.25) is 0 Å². The van der Waals surface area contributed by atoms with E-state index in [0.717, 1.165) is 38.0 Å². The van der Waals surface area contributed by atoms with Gasteiger partial charge in [-0.3, -0.25) is 4.90 Å². The Hall–Kier alpha value is -0.930. The molecule has 0 bridgehead atoms. The van der Waals surface area contributed by atoms with Crippen LogP contribution in [-0.4, -0.2) is 24.5 Å². The lowest BCUT2D eigenvalue weighted by molar-refractivity contribution is 0.125. The quantitative estimate of drug-likeness (QED) is 0.871. The number of hydrogen-bond acceptors (Lipinski definition) is 2. The van der Waals surface area contributed by atoms with Crippen LogP contribution in [0, 0.1) is 11.7 Å². The van der Waals surface area contributed by atoms with E-state index in [1.807, 2.05) is 6.07 Å². The molecule has 0 amide bonds. The molecule has 1 aliphatic heterocycles. The first-order valence-corrected chi connectivity index (χ1v) is 7.01. The Balaban J connectivity index is 1.81. The maximum absolute atomic E-state index is 13.7. The molecule has 0 spiro atoms. The average Bonchev–Trinajstić information content (AvgIpc) is 2.84. The number of benzene rings is 1. The Kier molecular flexibility index (Phi) is 3.35. The molecule has 98 valence electrons. The summed E-state index contributed by atoms with van der Waals surface area (Å²) in [5, 5.41) is 0. The second-order valence-corrected chi connectivity index (χ2v) is 5.60. The van der Waals surface area contributed by atoms with E-state index in [1.54, 1.807) is 6.07 Å². The SMILES string of the molecule is NCC1CCCN(C2CCc3c(F)cccc32)C1. The Labute approximate surface area is 108 Å². The van der Waals surface area contributed by atoms with E-state index in [4.69, 9.17) is 5.73 Å². The standard InChI is InChI=1S/C15H21FN2/c16-14-5-1-4-13-12(14)6-7-15(13)18-8-2-3-11(9-17)10-18/h1,4-5,11,15H,2-3,6-10,17H2. The number of halogens is 1. The Bertz CT molecular complexity index is 433. The summed E-state index contributed by atoms with van der Waals surface area (Å²) in [4.78, 5) is 2.52. The molecule has 3 heteroatoms. The number of piperidine rings is 1. The molecular formula is C15H21FN2. The van der Waals surface area contributed by atoms with Gasteiger partial charge >= 0.3 is 0 Å². The minimum atomic E-state index is -0.0256. The molecule has 1 heterocycles. The zero-order valence-electron chi connectivity index (χ0n) is 10.7. The Morgan fingerprint density at radius 3 is 3.06 bits per heavy atom. The summed E-state index contributed by atoms with van der Waals surface area (Å²) < 4.78 is 13.7. The van der Waals surface area contributed by atoms with Crippen LogP contribution in [-0.2, 0) is 6.42 Å². The molecule has 1 fully saturated rings. The number of hydrogen-bond donors (Lipinski definition) is 1. The zero-order valence-corrected chi connectivity index (χ0v) is 10.7. The fraction of sp³-hybridized carbons (Fsp3) is 0.600. The second kappa shape index (κ2) is 4.98. The van der Waals surface area contributed by atoms with Crippen LogP contribution in [0.4, 0.5) is 4.39 Å². The lowest BCUT2D eigenvalue weighted by Crippen LogP contribution is -2.40. The number of fused-ring (bicyclic) bond motifs is 1. The molecule has 1 aromatic rings. The number of nitrogens with zero attached hydrogens (tertiary/aromatic N) is 1. The first kappa shape index (κ1) is 12.1. The first-order valence-electron chi connectivity index (χ1n) is 7.01. The van der Waals surface area contributed by atoms with Gasteiger partial charge in [-0.15, -0.1) is 0 Å². The van der Waals surface area contributed by atoms with Crippen LogP contribution in [0.2, 0.25) is 0 Å². The highest BCUT2D eigenvalue weighted by atomic mass is 19.1. The third-order valence-electron chi connectivity index (χ3n) is 4.51. The minimum Gasteiger partial charge on any atom is -0.330 e. The van der Waals surface area contributed by atoms with Gasteiger partial charge in [0, 0.05) is 12.6 Å². The van der Waals surface area contributed by atoms with Crippen LogP contribution in [0.25, 0.3) is 0 Å². The minimum absolute atomic E-state index is 0.0256. The van der Waals surface area contributed by atoms with Gasteiger partial charge in [0.15, 0.2) is 0 Å². The lowest BCUT2D eigenvalue weighted by atomic mass is 9.95. The van der Waals surface area contributed by atoms with Gasteiger partial charge in [0.05, 0.1) is 0 Å². The molecule has 1 saturated heterocycles. The highest BCUT2D eigenvalue weighted by Gasteiger charge is 2.32. The van der Waals surface area contributed by atoms with E-state index in [0.29, 0.717) is 12.0 Å². The van der Waals surface area contributed by atoms with Crippen LogP contribution in [0.15, 0.2) is 18.2 Å². The van der Waals surface area contributed by atoms with E-state index in [9.17, 15) is 4.39 Å². The first-order chi connectivity index (χ1) is 8.79. The van der Waals surface area contributed by atoms with Crippen molar-refractivity contribution < 1.29 is 4.39 Å². The van der Waals surface area contributed by atoms with E-state index in [2.05, 4.69) is 11.0 Å². The summed E-state index contributed by atoms with van der Waals surface area (Å²) in [7, 11) is 0. The van der Waals surface area contributed by atoms with E-state index >= 15 is 0 Å². The van der Waals surface area contributed by atoms with Gasteiger partial charge in [-0.05, 0) is 61.9 Å². The molecule has 1 aromatic carbocycles. The van der Waals surface area contributed by atoms with Crippen molar-refractivity contribution in [1.29, 1.82) is 0 Å². The van der Waals surface area contributed by atoms with Crippen molar-refractivity contribution in [3.63, 3.8) is 0 Å². The molecule has 0 saturated carbocycles. The highest BCUT2D eigenvalue weighted by molar-refractivity contribution is 5.35. The van der Waals surface area contributed by atoms with E-state index in [-0.39, 0.29) is 5.82 Å². The van der Waals surface area contributed by atoms with Crippen molar-refractivity contribution in [3.05, 3.63) is 35.1 Å². The lowest BCUT2D eigenvalue weighted by Gasteiger charge is -2.36. The topological polar surface area (TPSA) is 29.3 Å². The molecule has 2 nitrogen and oxygen atoms in total. The maximum atomic E-state index is 13.7. The molecule has 2 aliphatic rings. The smallest absolute Gasteiger partial charge is 0.126 e. The van der Waals surface area contributed by atoms with Gasteiger partial charge in [-0.2, -0.15) is 0 Å². The third kappa shape index (κ3) is 2.06. The molecule has 0 aromatic heterocycles. The van der Waals surface area contributed by atoms with Gasteiger partial charge in [-0.1, -0.05) is 12.1 Å². The molecular weight excluding hydrogens is 227 g/mol. The van der Waals surface area contributed by atoms with Crippen LogP contribution < -0.4 is 5.73 Å². The summed E-state index contributed by atoms with van der Waals surface area (Å²) in [6.45, 7) is 2.99. The summed E-state index contributed by atoms with van der Waals surface area (Å²) in [5.74, 6) is 0.596. The highest BCUT2D eigenvalue weighted by Crippen LogP contribution is 2.38. The third-order valence-corrected chi connectivity index (χ3v) is 4.51. The van der Waals surface area contributed by atoms with Crippen molar-refractivity contribution in [2.75, 3.05) is 19.6 Å². The summed E-state index contributed by atoms with van der Waals surface area (Å²) in [6, 6.07) is 5.95. The van der Waals surface area contributed by atoms with Crippen molar-refractivity contribution in [2.45, 2.75) is 31.7 Å². The zero-order chi connectivity index (χ0) is 12.5. The monoisotopic (exact) mass is 248 g/mol. The molecule has 2 N–H and O–H groups in total. The normalized spacial score (nSPS) is 28.3.